The SMILES string of the molecule is CC(NCc1cccnn1)c1ccc(C(F)(F)F)cc1. The number of nitrogens with one attached hydrogen (secondary N) is 1. The van der Waals surface area contributed by atoms with Crippen LogP contribution < -0.4 is 5.32 Å². The first kappa shape index (κ1) is 14.5. The van der Waals surface area contributed by atoms with Gasteiger partial charge in [-0.1, -0.05) is 12.1 Å². The zero-order chi connectivity index (χ0) is 14.6. The van der Waals surface area contributed by atoms with E-state index in [1.54, 1.807) is 12.3 Å². The summed E-state index contributed by atoms with van der Waals surface area (Å²) in [7, 11) is 0. The maximum atomic E-state index is 12.5. The maximum absolute atomic E-state index is 12.5. The van der Waals surface area contributed by atoms with Crippen LogP contribution in [0.3, 0.4) is 0 Å². The molecule has 20 heavy (non-hydrogen) atoms. The summed E-state index contributed by atoms with van der Waals surface area (Å²) >= 11 is 0. The molecule has 0 aliphatic heterocycles. The molecule has 3 nitrogen and oxygen atoms in total. The molecule has 106 valence electrons. The van der Waals surface area contributed by atoms with Gasteiger partial charge in [0.15, 0.2) is 0 Å². The topological polar surface area (TPSA) is 37.8 Å². The second-order valence-corrected chi connectivity index (χ2v) is 4.44. The highest BCUT2D eigenvalue weighted by atomic mass is 19.4. The van der Waals surface area contributed by atoms with Gasteiger partial charge in [0, 0.05) is 18.8 Å². The third-order valence-electron chi connectivity index (χ3n) is 2.95. The van der Waals surface area contributed by atoms with Crippen molar-refractivity contribution in [3.05, 3.63) is 59.4 Å². The molecule has 0 aliphatic carbocycles. The van der Waals surface area contributed by atoms with Crippen molar-refractivity contribution < 1.29 is 13.2 Å². The maximum Gasteiger partial charge on any atom is 0.416 e. The standard InChI is InChI=1S/C14H14F3N3/c1-10(18-9-13-3-2-8-19-20-13)11-4-6-12(7-5-11)14(15,16)17/h2-8,10,18H,9H2,1H3. The molecule has 1 N–H and O–H groups in total. The van der Waals surface area contributed by atoms with Crippen molar-refractivity contribution in [1.29, 1.82) is 0 Å². The fourth-order valence-electron chi connectivity index (χ4n) is 1.76. The van der Waals surface area contributed by atoms with Crippen LogP contribution in [0.4, 0.5) is 13.2 Å². The first-order valence-electron chi connectivity index (χ1n) is 6.14. The van der Waals surface area contributed by atoms with Gasteiger partial charge in [-0.05, 0) is 36.8 Å². The molecule has 0 aliphatic rings. The minimum atomic E-state index is -4.30. The summed E-state index contributed by atoms with van der Waals surface area (Å²) < 4.78 is 37.4. The van der Waals surface area contributed by atoms with Crippen molar-refractivity contribution in [3.8, 4) is 0 Å². The van der Waals surface area contributed by atoms with E-state index in [2.05, 4.69) is 15.5 Å². The van der Waals surface area contributed by atoms with Crippen LogP contribution in [-0.2, 0) is 12.7 Å². The Bertz CT molecular complexity index is 538. The van der Waals surface area contributed by atoms with Crippen LogP contribution in [0.15, 0.2) is 42.6 Å². The third-order valence-corrected chi connectivity index (χ3v) is 2.95. The first-order chi connectivity index (χ1) is 9.47. The second kappa shape index (κ2) is 6.00. The molecule has 0 fully saturated rings. The molecule has 0 saturated carbocycles. The van der Waals surface area contributed by atoms with Gasteiger partial charge < -0.3 is 5.32 Å². The molecule has 0 spiro atoms. The van der Waals surface area contributed by atoms with Gasteiger partial charge in [0.05, 0.1) is 11.3 Å². The average molecular weight is 281 g/mol. The van der Waals surface area contributed by atoms with Crippen LogP contribution in [0.25, 0.3) is 0 Å². The molecule has 2 aromatic rings. The molecular weight excluding hydrogens is 267 g/mol. The van der Waals surface area contributed by atoms with E-state index in [0.717, 1.165) is 23.4 Å². The van der Waals surface area contributed by atoms with Gasteiger partial charge in [-0.3, -0.25) is 0 Å². The number of halogens is 3. The number of rotatable bonds is 4. The third kappa shape index (κ3) is 3.77. The Morgan fingerprint density at radius 1 is 1.15 bits per heavy atom. The largest absolute Gasteiger partial charge is 0.416 e. The van der Waals surface area contributed by atoms with E-state index in [4.69, 9.17) is 0 Å². The number of hydrogen-bond donors (Lipinski definition) is 1. The monoisotopic (exact) mass is 281 g/mol. The molecule has 1 unspecified atom stereocenters. The Hall–Kier alpha value is -1.95. The molecule has 1 atom stereocenters. The van der Waals surface area contributed by atoms with Crippen LogP contribution in [0.5, 0.6) is 0 Å². The van der Waals surface area contributed by atoms with Crippen molar-refractivity contribution in [2.75, 3.05) is 0 Å². The summed E-state index contributed by atoms with van der Waals surface area (Å²) in [5.74, 6) is 0. The highest BCUT2D eigenvalue weighted by Gasteiger charge is 2.30. The van der Waals surface area contributed by atoms with Gasteiger partial charge in [0.25, 0.3) is 0 Å². The van der Waals surface area contributed by atoms with Gasteiger partial charge in [-0.2, -0.15) is 23.4 Å². The lowest BCUT2D eigenvalue weighted by molar-refractivity contribution is -0.137. The number of alkyl halides is 3. The Morgan fingerprint density at radius 3 is 2.40 bits per heavy atom. The fraction of sp³-hybridized carbons (Fsp3) is 0.286. The highest BCUT2D eigenvalue weighted by molar-refractivity contribution is 5.26. The van der Waals surface area contributed by atoms with Crippen molar-refractivity contribution in [3.63, 3.8) is 0 Å². The van der Waals surface area contributed by atoms with Crippen LogP contribution >= 0.6 is 0 Å². The second-order valence-electron chi connectivity index (χ2n) is 4.44. The van der Waals surface area contributed by atoms with E-state index in [1.807, 2.05) is 13.0 Å². The lowest BCUT2D eigenvalue weighted by Crippen LogP contribution is -2.19. The van der Waals surface area contributed by atoms with E-state index in [0.29, 0.717) is 6.54 Å². The summed E-state index contributed by atoms with van der Waals surface area (Å²) in [5.41, 5.74) is 0.940. The summed E-state index contributed by atoms with van der Waals surface area (Å²) in [6, 6.07) is 8.70. The Morgan fingerprint density at radius 2 is 1.85 bits per heavy atom. The van der Waals surface area contributed by atoms with E-state index < -0.39 is 11.7 Å². The number of benzene rings is 1. The zero-order valence-electron chi connectivity index (χ0n) is 10.9. The van der Waals surface area contributed by atoms with Gasteiger partial charge in [0.2, 0.25) is 0 Å². The molecule has 0 bridgehead atoms. The lowest BCUT2D eigenvalue weighted by atomic mass is 10.1. The minimum absolute atomic E-state index is 0.0701. The average Bonchev–Trinajstić information content (AvgIpc) is 2.45. The zero-order valence-corrected chi connectivity index (χ0v) is 10.9. The van der Waals surface area contributed by atoms with E-state index in [1.165, 1.54) is 12.1 Å². The summed E-state index contributed by atoms with van der Waals surface area (Å²) in [6.07, 6.45) is -2.71. The van der Waals surface area contributed by atoms with E-state index in [9.17, 15) is 13.2 Å². The smallest absolute Gasteiger partial charge is 0.304 e. The Balaban J connectivity index is 1.97. The summed E-state index contributed by atoms with van der Waals surface area (Å²) in [6.45, 7) is 2.40. The van der Waals surface area contributed by atoms with Crippen LogP contribution in [0.2, 0.25) is 0 Å². The predicted molar refractivity (Wildman–Crippen MR) is 68.7 cm³/mol. The quantitative estimate of drug-likeness (QED) is 0.934. The van der Waals surface area contributed by atoms with Crippen molar-refractivity contribution in [2.24, 2.45) is 0 Å². The predicted octanol–water partition coefficient (Wildman–Crippen LogP) is 3.35. The van der Waals surface area contributed by atoms with Gasteiger partial charge >= 0.3 is 6.18 Å². The lowest BCUT2D eigenvalue weighted by Gasteiger charge is -2.15. The van der Waals surface area contributed by atoms with Gasteiger partial charge in [0.1, 0.15) is 0 Å². The summed E-state index contributed by atoms with van der Waals surface area (Å²) in [5, 5.41) is 10.9. The number of aromatic nitrogens is 2. The molecule has 0 saturated heterocycles. The first-order valence-corrected chi connectivity index (χ1v) is 6.14. The normalized spacial score (nSPS) is 13.2. The van der Waals surface area contributed by atoms with Crippen LogP contribution in [0, 0.1) is 0 Å². The molecule has 1 aromatic heterocycles. The van der Waals surface area contributed by atoms with Crippen molar-refractivity contribution in [2.45, 2.75) is 25.7 Å². The molecule has 1 aromatic carbocycles. The Kier molecular flexibility index (Phi) is 4.34. The van der Waals surface area contributed by atoms with Crippen LogP contribution in [-0.4, -0.2) is 10.2 Å². The molecule has 0 amide bonds. The van der Waals surface area contributed by atoms with Gasteiger partial charge in [-0.15, -0.1) is 0 Å². The fourth-order valence-corrected chi connectivity index (χ4v) is 1.76. The van der Waals surface area contributed by atoms with E-state index >= 15 is 0 Å². The Labute approximate surface area is 114 Å². The van der Waals surface area contributed by atoms with Gasteiger partial charge in [-0.25, -0.2) is 0 Å². The molecular formula is C14H14F3N3. The number of nitrogens with zero attached hydrogens (tertiary/aromatic N) is 2. The minimum Gasteiger partial charge on any atom is -0.304 e. The molecule has 2 rings (SSSR count). The summed E-state index contributed by atoms with van der Waals surface area (Å²) in [4.78, 5) is 0. The highest BCUT2D eigenvalue weighted by Crippen LogP contribution is 2.29. The molecule has 0 radical (unpaired) electrons. The molecule has 1 heterocycles. The van der Waals surface area contributed by atoms with E-state index in [-0.39, 0.29) is 6.04 Å². The van der Waals surface area contributed by atoms with Crippen molar-refractivity contribution >= 4 is 0 Å². The van der Waals surface area contributed by atoms with Crippen molar-refractivity contribution in [1.82, 2.24) is 15.5 Å². The molecule has 6 heteroatoms. The van der Waals surface area contributed by atoms with Crippen LogP contribution in [0.1, 0.15) is 29.8 Å². The number of hydrogen-bond acceptors (Lipinski definition) is 3.